The highest BCUT2D eigenvalue weighted by Gasteiger charge is 2.55. The molecule has 1 saturated carbocycles. The number of aliphatic carboxylic acids is 1. The van der Waals surface area contributed by atoms with Gasteiger partial charge in [-0.15, -0.1) is 0 Å². The number of carboxylic acid groups (broad SMARTS) is 1. The van der Waals surface area contributed by atoms with E-state index < -0.39 is 17.5 Å². The van der Waals surface area contributed by atoms with Gasteiger partial charge in [0.2, 0.25) is 0 Å². The summed E-state index contributed by atoms with van der Waals surface area (Å²) in [6, 6.07) is 0. The summed E-state index contributed by atoms with van der Waals surface area (Å²) in [5, 5.41) is 18.4. The summed E-state index contributed by atoms with van der Waals surface area (Å²) in [7, 11) is 0. The molecular weight excluding hydrogens is 196 g/mol. The Hall–Kier alpha value is -1.49. The fraction of sp³-hybridized carbons (Fsp3) is 0.500. The fourth-order valence-corrected chi connectivity index (χ4v) is 1.91. The normalized spacial score (nSPS) is 19.6. The fourth-order valence-electron chi connectivity index (χ4n) is 1.91. The molecule has 1 atom stereocenters. The lowest BCUT2D eigenvalue weighted by molar-refractivity contribution is -0.148. The van der Waals surface area contributed by atoms with Crippen molar-refractivity contribution in [2.24, 2.45) is 0 Å². The van der Waals surface area contributed by atoms with Gasteiger partial charge in [0.05, 0.1) is 16.8 Å². The number of carbonyl (C=O) groups is 1. The second-order valence-corrected chi connectivity index (χ2v) is 3.89. The summed E-state index contributed by atoms with van der Waals surface area (Å²) in [6.45, 7) is 1.77. The van der Waals surface area contributed by atoms with Crippen molar-refractivity contribution in [3.63, 3.8) is 0 Å². The maximum atomic E-state index is 10.8. The molecule has 0 saturated heterocycles. The maximum absolute atomic E-state index is 10.8. The average Bonchev–Trinajstić information content (AvgIpc) is 2.98. The molecule has 0 radical (unpaired) electrons. The lowest BCUT2D eigenvalue weighted by atomic mass is 9.93. The first-order chi connectivity index (χ1) is 7.08. The summed E-state index contributed by atoms with van der Waals surface area (Å²) in [5.41, 5.74) is 0.597. The molecule has 2 rings (SSSR count). The van der Waals surface area contributed by atoms with E-state index in [0.29, 0.717) is 24.2 Å². The van der Waals surface area contributed by atoms with Gasteiger partial charge in [-0.05, 0) is 19.8 Å². The van der Waals surface area contributed by atoms with Gasteiger partial charge in [0.25, 0.3) is 0 Å². The molecule has 1 unspecified atom stereocenters. The van der Waals surface area contributed by atoms with Gasteiger partial charge >= 0.3 is 5.97 Å². The molecule has 0 aromatic carbocycles. The van der Waals surface area contributed by atoms with Crippen molar-refractivity contribution >= 4 is 5.97 Å². The third-order valence-corrected chi connectivity index (χ3v) is 2.90. The number of rotatable bonds is 3. The molecule has 2 N–H and O–H groups in total. The minimum Gasteiger partial charge on any atom is -0.479 e. The lowest BCUT2D eigenvalue weighted by Gasteiger charge is -2.19. The predicted octanol–water partition coefficient (Wildman–Crippen LogP) is 0.262. The van der Waals surface area contributed by atoms with Crippen LogP contribution in [0.3, 0.4) is 0 Å². The van der Waals surface area contributed by atoms with Crippen LogP contribution >= 0.6 is 0 Å². The van der Waals surface area contributed by atoms with Crippen LogP contribution in [0.4, 0.5) is 0 Å². The number of aromatic nitrogens is 2. The zero-order valence-electron chi connectivity index (χ0n) is 8.34. The first kappa shape index (κ1) is 10.0. The van der Waals surface area contributed by atoms with Gasteiger partial charge in [0, 0.05) is 12.4 Å². The van der Waals surface area contributed by atoms with Crippen molar-refractivity contribution in [3.05, 3.63) is 23.8 Å². The van der Waals surface area contributed by atoms with E-state index in [1.165, 1.54) is 6.20 Å². The molecular formula is C10H12N2O3. The molecule has 0 spiro atoms. The largest absolute Gasteiger partial charge is 0.479 e. The smallest absolute Gasteiger partial charge is 0.333 e. The predicted molar refractivity (Wildman–Crippen MR) is 51.3 cm³/mol. The summed E-state index contributed by atoms with van der Waals surface area (Å²) in [4.78, 5) is 19.0. The standard InChI is InChI=1S/C10H12N2O3/c1-6-7(12-5-4-11-6)10(2-3-10)8(13)9(14)15/h4-5,8,13H,2-3H2,1H3,(H,14,15). The van der Waals surface area contributed by atoms with Gasteiger partial charge in [-0.2, -0.15) is 0 Å². The van der Waals surface area contributed by atoms with Crippen LogP contribution in [0.1, 0.15) is 24.2 Å². The van der Waals surface area contributed by atoms with Crippen LogP contribution in [0.25, 0.3) is 0 Å². The van der Waals surface area contributed by atoms with Gasteiger partial charge in [-0.3, -0.25) is 9.97 Å². The summed E-state index contributed by atoms with van der Waals surface area (Å²) < 4.78 is 0. The van der Waals surface area contributed by atoms with Gasteiger partial charge in [-0.25, -0.2) is 4.79 Å². The zero-order valence-corrected chi connectivity index (χ0v) is 8.34. The van der Waals surface area contributed by atoms with Crippen molar-refractivity contribution in [1.82, 2.24) is 9.97 Å². The summed E-state index contributed by atoms with van der Waals surface area (Å²) >= 11 is 0. The van der Waals surface area contributed by atoms with Crippen molar-refractivity contribution in [2.45, 2.75) is 31.3 Å². The van der Waals surface area contributed by atoms with Crippen LogP contribution in [0.2, 0.25) is 0 Å². The molecule has 5 nitrogen and oxygen atoms in total. The third kappa shape index (κ3) is 1.48. The third-order valence-electron chi connectivity index (χ3n) is 2.90. The quantitative estimate of drug-likeness (QED) is 0.744. The minimum atomic E-state index is -1.38. The number of hydrogen-bond acceptors (Lipinski definition) is 4. The Kier molecular flexibility index (Phi) is 2.19. The number of aliphatic hydroxyl groups excluding tert-OH is 1. The second kappa shape index (κ2) is 3.27. The number of nitrogens with zero attached hydrogens (tertiary/aromatic N) is 2. The summed E-state index contributed by atoms with van der Waals surface area (Å²) in [5.74, 6) is -1.20. The Morgan fingerprint density at radius 3 is 2.53 bits per heavy atom. The molecule has 80 valence electrons. The van der Waals surface area contributed by atoms with Gasteiger partial charge in [0.1, 0.15) is 0 Å². The van der Waals surface area contributed by atoms with Gasteiger partial charge in [0.15, 0.2) is 6.10 Å². The van der Waals surface area contributed by atoms with Crippen molar-refractivity contribution in [3.8, 4) is 0 Å². The van der Waals surface area contributed by atoms with Gasteiger partial charge in [-0.1, -0.05) is 0 Å². The average molecular weight is 208 g/mol. The van der Waals surface area contributed by atoms with Crippen LogP contribution < -0.4 is 0 Å². The van der Waals surface area contributed by atoms with E-state index in [4.69, 9.17) is 5.11 Å². The van der Waals surface area contributed by atoms with E-state index in [2.05, 4.69) is 9.97 Å². The van der Waals surface area contributed by atoms with Crippen LogP contribution in [0.5, 0.6) is 0 Å². The Labute approximate surface area is 86.8 Å². The van der Waals surface area contributed by atoms with E-state index in [0.717, 1.165) is 0 Å². The first-order valence-corrected chi connectivity index (χ1v) is 4.77. The van der Waals surface area contributed by atoms with E-state index in [9.17, 15) is 9.90 Å². The van der Waals surface area contributed by atoms with Crippen LogP contribution in [-0.4, -0.2) is 32.3 Å². The van der Waals surface area contributed by atoms with E-state index in [1.807, 2.05) is 0 Å². The number of aliphatic hydroxyl groups is 1. The highest BCUT2D eigenvalue weighted by atomic mass is 16.4. The Morgan fingerprint density at radius 2 is 2.07 bits per heavy atom. The Balaban J connectivity index is 2.39. The van der Waals surface area contributed by atoms with Crippen LogP contribution in [0, 0.1) is 6.92 Å². The highest BCUT2D eigenvalue weighted by molar-refractivity contribution is 5.75. The number of aryl methyl sites for hydroxylation is 1. The molecule has 5 heteroatoms. The van der Waals surface area contributed by atoms with Crippen molar-refractivity contribution < 1.29 is 15.0 Å². The molecule has 1 heterocycles. The van der Waals surface area contributed by atoms with E-state index in [1.54, 1.807) is 13.1 Å². The summed E-state index contributed by atoms with van der Waals surface area (Å²) in [6.07, 6.45) is 3.01. The minimum absolute atomic E-state index is 0.611. The lowest BCUT2D eigenvalue weighted by Crippen LogP contribution is -2.35. The van der Waals surface area contributed by atoms with Crippen molar-refractivity contribution in [1.29, 1.82) is 0 Å². The Morgan fingerprint density at radius 1 is 1.47 bits per heavy atom. The number of carboxylic acids is 1. The SMILES string of the molecule is Cc1nccnc1C1(C(O)C(=O)O)CC1. The van der Waals surface area contributed by atoms with E-state index >= 15 is 0 Å². The van der Waals surface area contributed by atoms with Gasteiger partial charge < -0.3 is 10.2 Å². The molecule has 0 amide bonds. The maximum Gasteiger partial charge on any atom is 0.333 e. The van der Waals surface area contributed by atoms with Crippen LogP contribution in [-0.2, 0) is 10.2 Å². The molecule has 15 heavy (non-hydrogen) atoms. The molecule has 1 aliphatic rings. The van der Waals surface area contributed by atoms with E-state index in [-0.39, 0.29) is 0 Å². The zero-order chi connectivity index (χ0) is 11.1. The topological polar surface area (TPSA) is 83.3 Å². The molecule has 1 aromatic rings. The first-order valence-electron chi connectivity index (χ1n) is 4.77. The molecule has 1 aliphatic carbocycles. The Bertz CT molecular complexity index is 401. The van der Waals surface area contributed by atoms with Crippen molar-refractivity contribution in [2.75, 3.05) is 0 Å². The molecule has 0 aliphatic heterocycles. The second-order valence-electron chi connectivity index (χ2n) is 3.89. The van der Waals surface area contributed by atoms with Crippen LogP contribution in [0.15, 0.2) is 12.4 Å². The molecule has 0 bridgehead atoms. The number of hydrogen-bond donors (Lipinski definition) is 2. The monoisotopic (exact) mass is 208 g/mol. The molecule has 1 fully saturated rings. The highest BCUT2D eigenvalue weighted by Crippen LogP contribution is 2.50. The molecule has 1 aromatic heterocycles.